The maximum atomic E-state index is 11.0. The van der Waals surface area contributed by atoms with E-state index in [1.807, 2.05) is 0 Å². The van der Waals surface area contributed by atoms with E-state index in [0.717, 1.165) is 5.56 Å². The molecular formula is C10H11NO4. The van der Waals surface area contributed by atoms with Crippen molar-refractivity contribution in [2.75, 3.05) is 7.11 Å². The predicted molar refractivity (Wildman–Crippen MR) is 51.5 cm³/mol. The van der Waals surface area contributed by atoms with Crippen LogP contribution < -0.4 is 0 Å². The Morgan fingerprint density at radius 3 is 2.67 bits per heavy atom. The third-order valence-corrected chi connectivity index (χ3v) is 1.85. The standard InChI is InChI=1S/C10H11NO4/c1-15-10(14)8-4-2-7(6-11-8)3-5-9(12)13/h2,4,6H,3,5H2,1H3,(H,12,13). The van der Waals surface area contributed by atoms with E-state index in [-0.39, 0.29) is 12.1 Å². The maximum absolute atomic E-state index is 11.0. The highest BCUT2D eigenvalue weighted by molar-refractivity contribution is 5.86. The van der Waals surface area contributed by atoms with Crippen LogP contribution >= 0.6 is 0 Å². The van der Waals surface area contributed by atoms with E-state index in [1.165, 1.54) is 19.4 Å². The van der Waals surface area contributed by atoms with Crippen LogP contribution in [0, 0.1) is 0 Å². The molecule has 0 saturated carbocycles. The first-order valence-electron chi connectivity index (χ1n) is 4.38. The Bertz CT molecular complexity index is 358. The largest absolute Gasteiger partial charge is 0.481 e. The number of nitrogens with zero attached hydrogens (tertiary/aromatic N) is 1. The van der Waals surface area contributed by atoms with Gasteiger partial charge in [-0.15, -0.1) is 0 Å². The van der Waals surface area contributed by atoms with Crippen molar-refractivity contribution in [2.45, 2.75) is 12.8 Å². The molecule has 0 aliphatic heterocycles. The van der Waals surface area contributed by atoms with Crippen LogP contribution in [-0.4, -0.2) is 29.1 Å². The number of aliphatic carboxylic acids is 1. The minimum atomic E-state index is -0.855. The first-order valence-corrected chi connectivity index (χ1v) is 4.38. The molecule has 5 heteroatoms. The molecule has 1 rings (SSSR count). The molecule has 0 spiro atoms. The van der Waals surface area contributed by atoms with Gasteiger partial charge in [0.15, 0.2) is 0 Å². The zero-order valence-corrected chi connectivity index (χ0v) is 8.27. The lowest BCUT2D eigenvalue weighted by atomic mass is 10.1. The Morgan fingerprint density at radius 1 is 1.47 bits per heavy atom. The van der Waals surface area contributed by atoms with Gasteiger partial charge in [0.05, 0.1) is 7.11 Å². The van der Waals surface area contributed by atoms with Crippen molar-refractivity contribution in [1.29, 1.82) is 0 Å². The molecule has 1 heterocycles. The monoisotopic (exact) mass is 209 g/mol. The lowest BCUT2D eigenvalue weighted by Gasteiger charge is -2.00. The van der Waals surface area contributed by atoms with Crippen molar-refractivity contribution in [3.8, 4) is 0 Å². The van der Waals surface area contributed by atoms with Gasteiger partial charge in [-0.1, -0.05) is 6.07 Å². The predicted octanol–water partition coefficient (Wildman–Crippen LogP) is 0.885. The average Bonchev–Trinajstić information content (AvgIpc) is 2.26. The van der Waals surface area contributed by atoms with Crippen molar-refractivity contribution in [2.24, 2.45) is 0 Å². The number of carboxylic acids is 1. The molecule has 5 nitrogen and oxygen atoms in total. The molecule has 0 bridgehead atoms. The Kier molecular flexibility index (Phi) is 3.79. The fourth-order valence-electron chi connectivity index (χ4n) is 1.05. The second kappa shape index (κ2) is 5.09. The van der Waals surface area contributed by atoms with Crippen LogP contribution in [-0.2, 0) is 16.0 Å². The van der Waals surface area contributed by atoms with E-state index in [1.54, 1.807) is 6.07 Å². The van der Waals surface area contributed by atoms with Gasteiger partial charge in [-0.25, -0.2) is 9.78 Å². The van der Waals surface area contributed by atoms with Crippen LogP contribution in [0.5, 0.6) is 0 Å². The summed E-state index contributed by atoms with van der Waals surface area (Å²) in [6.45, 7) is 0. The van der Waals surface area contributed by atoms with E-state index in [2.05, 4.69) is 9.72 Å². The number of carbonyl (C=O) groups excluding carboxylic acids is 1. The van der Waals surface area contributed by atoms with E-state index in [9.17, 15) is 9.59 Å². The molecule has 80 valence electrons. The molecule has 0 atom stereocenters. The highest BCUT2D eigenvalue weighted by Gasteiger charge is 2.06. The third-order valence-electron chi connectivity index (χ3n) is 1.85. The number of hydrogen-bond donors (Lipinski definition) is 1. The number of pyridine rings is 1. The summed E-state index contributed by atoms with van der Waals surface area (Å²) in [5.41, 5.74) is 1.00. The second-order valence-corrected chi connectivity index (χ2v) is 2.94. The minimum Gasteiger partial charge on any atom is -0.481 e. The summed E-state index contributed by atoms with van der Waals surface area (Å²) in [6.07, 6.45) is 1.94. The molecule has 0 radical (unpaired) electrons. The molecule has 0 fully saturated rings. The number of carboxylic acid groups (broad SMARTS) is 1. The molecule has 0 aliphatic rings. The number of ether oxygens (including phenoxy) is 1. The Balaban J connectivity index is 2.64. The third kappa shape index (κ3) is 3.38. The lowest BCUT2D eigenvalue weighted by molar-refractivity contribution is -0.136. The molecule has 1 N–H and O–H groups in total. The smallest absolute Gasteiger partial charge is 0.356 e. The fraction of sp³-hybridized carbons (Fsp3) is 0.300. The SMILES string of the molecule is COC(=O)c1ccc(CCC(=O)O)cn1. The zero-order valence-electron chi connectivity index (χ0n) is 8.27. The molecular weight excluding hydrogens is 198 g/mol. The first kappa shape index (κ1) is 11.2. The number of aromatic nitrogens is 1. The van der Waals surface area contributed by atoms with Gasteiger partial charge in [0.2, 0.25) is 0 Å². The fourth-order valence-corrected chi connectivity index (χ4v) is 1.05. The molecule has 1 aromatic heterocycles. The number of hydrogen-bond acceptors (Lipinski definition) is 4. The average molecular weight is 209 g/mol. The normalized spacial score (nSPS) is 9.67. The molecule has 0 amide bonds. The van der Waals surface area contributed by atoms with E-state index >= 15 is 0 Å². The van der Waals surface area contributed by atoms with Crippen molar-refractivity contribution in [1.82, 2.24) is 4.98 Å². The molecule has 0 aromatic carbocycles. The van der Waals surface area contributed by atoms with E-state index < -0.39 is 11.9 Å². The number of carbonyl (C=O) groups is 2. The Labute approximate surface area is 86.7 Å². The Morgan fingerprint density at radius 2 is 2.20 bits per heavy atom. The summed E-state index contributed by atoms with van der Waals surface area (Å²) < 4.78 is 4.48. The van der Waals surface area contributed by atoms with E-state index in [4.69, 9.17) is 5.11 Å². The zero-order chi connectivity index (χ0) is 11.3. The highest BCUT2D eigenvalue weighted by Crippen LogP contribution is 2.04. The summed E-state index contributed by atoms with van der Waals surface area (Å²) in [5.74, 6) is -1.35. The molecule has 15 heavy (non-hydrogen) atoms. The highest BCUT2D eigenvalue weighted by atomic mass is 16.5. The van der Waals surface area contributed by atoms with Crippen LogP contribution in [0.4, 0.5) is 0 Å². The first-order chi connectivity index (χ1) is 7.13. The van der Waals surface area contributed by atoms with Crippen molar-refractivity contribution >= 4 is 11.9 Å². The van der Waals surface area contributed by atoms with Gasteiger partial charge in [-0.05, 0) is 18.1 Å². The van der Waals surface area contributed by atoms with Gasteiger partial charge in [0.25, 0.3) is 0 Å². The van der Waals surface area contributed by atoms with Gasteiger partial charge < -0.3 is 9.84 Å². The maximum Gasteiger partial charge on any atom is 0.356 e. The second-order valence-electron chi connectivity index (χ2n) is 2.94. The van der Waals surface area contributed by atoms with Crippen molar-refractivity contribution in [3.05, 3.63) is 29.6 Å². The van der Waals surface area contributed by atoms with Crippen molar-refractivity contribution in [3.63, 3.8) is 0 Å². The van der Waals surface area contributed by atoms with Crippen LogP contribution in [0.25, 0.3) is 0 Å². The summed E-state index contributed by atoms with van der Waals surface area (Å²) >= 11 is 0. The summed E-state index contributed by atoms with van der Waals surface area (Å²) in [7, 11) is 1.28. The van der Waals surface area contributed by atoms with Gasteiger partial charge in [-0.3, -0.25) is 4.79 Å². The quantitative estimate of drug-likeness (QED) is 0.745. The number of esters is 1. The van der Waals surface area contributed by atoms with Gasteiger partial charge >= 0.3 is 11.9 Å². The van der Waals surface area contributed by atoms with Crippen LogP contribution in [0.2, 0.25) is 0 Å². The molecule has 0 saturated heterocycles. The van der Waals surface area contributed by atoms with Gasteiger partial charge in [-0.2, -0.15) is 0 Å². The molecule has 0 unspecified atom stereocenters. The summed E-state index contributed by atoms with van der Waals surface area (Å²) in [5, 5.41) is 8.46. The summed E-state index contributed by atoms with van der Waals surface area (Å²) in [4.78, 5) is 25.2. The number of aryl methyl sites for hydroxylation is 1. The number of rotatable bonds is 4. The number of methoxy groups -OCH3 is 1. The van der Waals surface area contributed by atoms with Crippen molar-refractivity contribution < 1.29 is 19.4 Å². The Hall–Kier alpha value is -1.91. The van der Waals surface area contributed by atoms with Crippen LogP contribution in [0.3, 0.4) is 0 Å². The minimum absolute atomic E-state index is 0.0548. The van der Waals surface area contributed by atoms with Crippen LogP contribution in [0.1, 0.15) is 22.5 Å². The topological polar surface area (TPSA) is 76.5 Å². The van der Waals surface area contributed by atoms with Gasteiger partial charge in [0.1, 0.15) is 5.69 Å². The lowest BCUT2D eigenvalue weighted by Crippen LogP contribution is -2.04. The van der Waals surface area contributed by atoms with Crippen LogP contribution in [0.15, 0.2) is 18.3 Å². The molecule has 1 aromatic rings. The van der Waals surface area contributed by atoms with Gasteiger partial charge in [0, 0.05) is 12.6 Å². The summed E-state index contributed by atoms with van der Waals surface area (Å²) in [6, 6.07) is 3.19. The molecule has 0 aliphatic carbocycles. The van der Waals surface area contributed by atoms with E-state index in [0.29, 0.717) is 6.42 Å².